The fourth-order valence-electron chi connectivity index (χ4n) is 2.92. The van der Waals surface area contributed by atoms with E-state index in [2.05, 4.69) is 30.1 Å². The Kier molecular flexibility index (Phi) is 2.79. The first kappa shape index (κ1) is 12.8. The van der Waals surface area contributed by atoms with Crippen LogP contribution in [0.4, 0.5) is 0 Å². The van der Waals surface area contributed by atoms with E-state index in [0.717, 1.165) is 30.8 Å². The van der Waals surface area contributed by atoms with Crippen molar-refractivity contribution in [3.05, 3.63) is 29.6 Å². The van der Waals surface area contributed by atoms with Gasteiger partial charge >= 0.3 is 0 Å². The van der Waals surface area contributed by atoms with E-state index >= 15 is 0 Å². The number of rotatable bonds is 2. The number of fused-ring (bicyclic) bond motifs is 1. The minimum Gasteiger partial charge on any atom is -0.492 e. The molecule has 0 aliphatic carbocycles. The van der Waals surface area contributed by atoms with Crippen LogP contribution < -0.4 is 4.74 Å². The largest absolute Gasteiger partial charge is 0.492 e. The molecule has 21 heavy (non-hydrogen) atoms. The van der Waals surface area contributed by atoms with Crippen LogP contribution in [-0.2, 0) is 10.2 Å². The molecule has 0 saturated carbocycles. The first-order chi connectivity index (χ1) is 10.1. The summed E-state index contributed by atoms with van der Waals surface area (Å²) in [6.07, 6.45) is 2.00. The van der Waals surface area contributed by atoms with Crippen molar-refractivity contribution in [2.45, 2.75) is 38.2 Å². The topological polar surface area (TPSA) is 57.4 Å². The Hall–Kier alpha value is -1.88. The van der Waals surface area contributed by atoms with Gasteiger partial charge in [-0.25, -0.2) is 0 Å². The minimum absolute atomic E-state index is 0.0166. The quantitative estimate of drug-likeness (QED) is 0.848. The molecule has 0 spiro atoms. The van der Waals surface area contributed by atoms with Crippen LogP contribution in [0.3, 0.4) is 0 Å². The molecule has 1 fully saturated rings. The van der Waals surface area contributed by atoms with Crippen molar-refractivity contribution >= 4 is 0 Å². The lowest BCUT2D eigenvalue weighted by molar-refractivity contribution is 0.103. The van der Waals surface area contributed by atoms with Crippen molar-refractivity contribution in [2.24, 2.45) is 0 Å². The van der Waals surface area contributed by atoms with Crippen LogP contribution in [-0.4, -0.2) is 23.4 Å². The molecule has 110 valence electrons. The monoisotopic (exact) mass is 286 g/mol. The summed E-state index contributed by atoms with van der Waals surface area (Å²) in [6, 6.07) is 6.04. The van der Waals surface area contributed by atoms with Gasteiger partial charge in [-0.15, -0.1) is 0 Å². The summed E-state index contributed by atoms with van der Waals surface area (Å²) in [4.78, 5) is 4.49. The van der Waals surface area contributed by atoms with E-state index in [0.29, 0.717) is 18.3 Å². The van der Waals surface area contributed by atoms with Gasteiger partial charge in [0.15, 0.2) is 0 Å². The van der Waals surface area contributed by atoms with E-state index in [1.54, 1.807) is 0 Å². The van der Waals surface area contributed by atoms with E-state index in [1.165, 1.54) is 5.56 Å². The smallest absolute Gasteiger partial charge is 0.258 e. The van der Waals surface area contributed by atoms with Gasteiger partial charge in [0.1, 0.15) is 11.9 Å². The first-order valence-electron chi connectivity index (χ1n) is 7.36. The van der Waals surface area contributed by atoms with Gasteiger partial charge < -0.3 is 14.0 Å². The van der Waals surface area contributed by atoms with Crippen LogP contribution in [0.1, 0.15) is 44.2 Å². The number of aromatic nitrogens is 2. The summed E-state index contributed by atoms with van der Waals surface area (Å²) < 4.78 is 16.7. The molecule has 0 radical (unpaired) electrons. The number of benzene rings is 1. The lowest BCUT2D eigenvalue weighted by Crippen LogP contribution is -2.18. The molecule has 1 saturated heterocycles. The maximum absolute atomic E-state index is 5.70. The molecule has 5 heteroatoms. The van der Waals surface area contributed by atoms with Gasteiger partial charge in [0, 0.05) is 23.1 Å². The van der Waals surface area contributed by atoms with Crippen molar-refractivity contribution in [2.75, 3.05) is 13.2 Å². The van der Waals surface area contributed by atoms with E-state index in [4.69, 9.17) is 14.0 Å². The molecule has 4 rings (SSSR count). The predicted octanol–water partition coefficient (Wildman–Crippen LogP) is 3.26. The van der Waals surface area contributed by atoms with Crippen molar-refractivity contribution in [3.8, 4) is 17.2 Å². The fourth-order valence-corrected chi connectivity index (χ4v) is 2.92. The molecule has 0 bridgehead atoms. The number of ether oxygens (including phenoxy) is 2. The Morgan fingerprint density at radius 2 is 2.19 bits per heavy atom. The Balaban J connectivity index is 1.68. The third-order valence-corrected chi connectivity index (χ3v) is 4.20. The van der Waals surface area contributed by atoms with E-state index in [1.807, 2.05) is 12.1 Å². The zero-order chi connectivity index (χ0) is 14.4. The fraction of sp³-hybridized carbons (Fsp3) is 0.500. The minimum atomic E-state index is -0.0169. The van der Waals surface area contributed by atoms with Crippen LogP contribution in [0.5, 0.6) is 5.75 Å². The molecule has 2 aromatic rings. The summed E-state index contributed by atoms with van der Waals surface area (Å²) in [5.74, 6) is 2.15. The first-order valence-corrected chi connectivity index (χ1v) is 7.36. The molecule has 0 amide bonds. The molecule has 2 aliphatic heterocycles. The van der Waals surface area contributed by atoms with Crippen LogP contribution in [0, 0.1) is 0 Å². The van der Waals surface area contributed by atoms with E-state index in [9.17, 15) is 0 Å². The van der Waals surface area contributed by atoms with Crippen molar-refractivity contribution < 1.29 is 14.0 Å². The summed E-state index contributed by atoms with van der Waals surface area (Å²) in [5.41, 5.74) is 2.14. The van der Waals surface area contributed by atoms with Crippen LogP contribution in [0.15, 0.2) is 22.7 Å². The van der Waals surface area contributed by atoms with Crippen LogP contribution >= 0.6 is 0 Å². The second-order valence-corrected chi connectivity index (χ2v) is 6.34. The molecular formula is C16H18N2O3. The van der Waals surface area contributed by atoms with E-state index in [-0.39, 0.29) is 11.5 Å². The maximum Gasteiger partial charge on any atom is 0.258 e. The molecule has 1 unspecified atom stereocenters. The van der Waals surface area contributed by atoms with Gasteiger partial charge in [-0.1, -0.05) is 19.0 Å². The Bertz CT molecular complexity index is 672. The lowest BCUT2D eigenvalue weighted by Gasteiger charge is -2.15. The number of hydrogen-bond acceptors (Lipinski definition) is 5. The summed E-state index contributed by atoms with van der Waals surface area (Å²) in [6.45, 7) is 5.83. The van der Waals surface area contributed by atoms with Gasteiger partial charge in [0.05, 0.1) is 6.61 Å². The number of hydrogen-bond donors (Lipinski definition) is 0. The van der Waals surface area contributed by atoms with Crippen LogP contribution in [0.2, 0.25) is 0 Å². The van der Waals surface area contributed by atoms with Gasteiger partial charge in [0.25, 0.3) is 5.89 Å². The molecule has 5 nitrogen and oxygen atoms in total. The lowest BCUT2D eigenvalue weighted by atomic mass is 9.86. The summed E-state index contributed by atoms with van der Waals surface area (Å²) >= 11 is 0. The Morgan fingerprint density at radius 3 is 3.00 bits per heavy atom. The molecular weight excluding hydrogens is 268 g/mol. The Labute approximate surface area is 123 Å². The Morgan fingerprint density at radius 1 is 1.29 bits per heavy atom. The van der Waals surface area contributed by atoms with Crippen LogP contribution in [0.25, 0.3) is 11.5 Å². The molecule has 1 aromatic heterocycles. The molecule has 2 aliphatic rings. The highest BCUT2D eigenvalue weighted by Crippen LogP contribution is 2.40. The van der Waals surface area contributed by atoms with Gasteiger partial charge in [0.2, 0.25) is 5.82 Å². The normalized spacial score (nSPS) is 23.0. The SMILES string of the molecule is CC1(C)COc2ccc(-c3nc(C4CCCO4)no3)cc21. The second kappa shape index (κ2) is 4.56. The molecule has 1 aromatic carbocycles. The molecule has 3 heterocycles. The van der Waals surface area contributed by atoms with Crippen molar-refractivity contribution in [1.29, 1.82) is 0 Å². The average molecular weight is 286 g/mol. The highest BCUT2D eigenvalue weighted by Gasteiger charge is 2.32. The van der Waals surface area contributed by atoms with Gasteiger partial charge in [-0.05, 0) is 31.0 Å². The third-order valence-electron chi connectivity index (χ3n) is 4.20. The van der Waals surface area contributed by atoms with Gasteiger partial charge in [-0.2, -0.15) is 4.98 Å². The van der Waals surface area contributed by atoms with Crippen molar-refractivity contribution in [1.82, 2.24) is 10.1 Å². The van der Waals surface area contributed by atoms with Crippen molar-refractivity contribution in [3.63, 3.8) is 0 Å². The predicted molar refractivity (Wildman–Crippen MR) is 76.2 cm³/mol. The number of nitrogens with zero attached hydrogens (tertiary/aromatic N) is 2. The highest BCUT2D eigenvalue weighted by molar-refractivity contribution is 5.59. The van der Waals surface area contributed by atoms with Gasteiger partial charge in [-0.3, -0.25) is 0 Å². The summed E-state index contributed by atoms with van der Waals surface area (Å²) in [7, 11) is 0. The second-order valence-electron chi connectivity index (χ2n) is 6.34. The zero-order valence-corrected chi connectivity index (χ0v) is 12.3. The summed E-state index contributed by atoms with van der Waals surface area (Å²) in [5, 5.41) is 4.06. The molecule has 0 N–H and O–H groups in total. The third kappa shape index (κ3) is 2.12. The molecule has 1 atom stereocenters. The van der Waals surface area contributed by atoms with E-state index < -0.39 is 0 Å². The maximum atomic E-state index is 5.70. The average Bonchev–Trinajstić information content (AvgIpc) is 3.18. The zero-order valence-electron chi connectivity index (χ0n) is 12.3. The highest BCUT2D eigenvalue weighted by atomic mass is 16.5. The standard InChI is InChI=1S/C16H18N2O3/c1-16(2)9-20-12-6-5-10(8-11(12)16)15-17-14(18-21-15)13-4-3-7-19-13/h5-6,8,13H,3-4,7,9H2,1-2H3.